The van der Waals surface area contributed by atoms with Crippen LogP contribution < -0.4 is 5.32 Å². The van der Waals surface area contributed by atoms with Crippen LogP contribution in [0.5, 0.6) is 0 Å². The summed E-state index contributed by atoms with van der Waals surface area (Å²) in [6.07, 6.45) is 5.72. The van der Waals surface area contributed by atoms with E-state index in [4.69, 9.17) is 4.74 Å². The molecule has 0 heterocycles. The largest absolute Gasteiger partial charge is 0.379 e. The summed E-state index contributed by atoms with van der Waals surface area (Å²) in [5.41, 5.74) is 0. The molecule has 0 aliphatic rings. The summed E-state index contributed by atoms with van der Waals surface area (Å²) >= 11 is 0. The zero-order valence-electron chi connectivity index (χ0n) is 9.01. The summed E-state index contributed by atoms with van der Waals surface area (Å²) in [6, 6.07) is 0. The highest BCUT2D eigenvalue weighted by Gasteiger charge is 1.92. The average molecular weight is 185 g/mol. The van der Waals surface area contributed by atoms with E-state index in [1.165, 1.54) is 6.42 Å². The van der Waals surface area contributed by atoms with E-state index in [-0.39, 0.29) is 0 Å². The van der Waals surface area contributed by atoms with E-state index in [9.17, 15) is 0 Å². The molecule has 0 radical (unpaired) electrons. The van der Waals surface area contributed by atoms with Crippen LogP contribution in [-0.4, -0.2) is 25.8 Å². The van der Waals surface area contributed by atoms with Gasteiger partial charge in [0.2, 0.25) is 0 Å². The second kappa shape index (κ2) is 9.75. The van der Waals surface area contributed by atoms with Crippen LogP contribution >= 0.6 is 0 Å². The van der Waals surface area contributed by atoms with E-state index in [2.05, 4.69) is 25.7 Å². The second-order valence-corrected chi connectivity index (χ2v) is 3.45. The lowest BCUT2D eigenvalue weighted by molar-refractivity contribution is 0.0760. The molecule has 0 aliphatic carbocycles. The minimum atomic E-state index is 0.369. The van der Waals surface area contributed by atoms with E-state index >= 15 is 0 Å². The lowest BCUT2D eigenvalue weighted by atomic mass is 10.3. The van der Waals surface area contributed by atoms with Crippen LogP contribution in [0.4, 0.5) is 0 Å². The number of hydrogen-bond donors (Lipinski definition) is 1. The predicted octanol–water partition coefficient (Wildman–Crippen LogP) is 2.36. The Morgan fingerprint density at radius 2 is 2.08 bits per heavy atom. The first-order valence-corrected chi connectivity index (χ1v) is 5.20. The fraction of sp³-hybridized carbons (Fsp3) is 0.818. The van der Waals surface area contributed by atoms with Crippen LogP contribution in [0.2, 0.25) is 0 Å². The van der Waals surface area contributed by atoms with E-state index in [0.717, 1.165) is 32.5 Å². The van der Waals surface area contributed by atoms with Gasteiger partial charge in [-0.1, -0.05) is 6.08 Å². The molecule has 2 nitrogen and oxygen atoms in total. The first-order chi connectivity index (χ1) is 6.27. The monoisotopic (exact) mass is 185 g/mol. The molecule has 0 bridgehead atoms. The summed E-state index contributed by atoms with van der Waals surface area (Å²) in [6.45, 7) is 10.8. The van der Waals surface area contributed by atoms with Crippen LogP contribution in [-0.2, 0) is 4.74 Å². The molecule has 78 valence electrons. The Morgan fingerprint density at radius 3 is 2.69 bits per heavy atom. The normalized spacial score (nSPS) is 10.7. The molecular weight excluding hydrogens is 162 g/mol. The van der Waals surface area contributed by atoms with Gasteiger partial charge < -0.3 is 10.1 Å². The van der Waals surface area contributed by atoms with E-state index < -0.39 is 0 Å². The summed E-state index contributed by atoms with van der Waals surface area (Å²) < 4.78 is 5.43. The highest BCUT2D eigenvalue weighted by molar-refractivity contribution is 4.67. The molecule has 0 rings (SSSR count). The van der Waals surface area contributed by atoms with Gasteiger partial charge in [-0.05, 0) is 46.2 Å². The van der Waals surface area contributed by atoms with Crippen molar-refractivity contribution in [1.82, 2.24) is 5.32 Å². The SMILES string of the molecule is C=CCCNCCCCOC(C)C. The molecule has 0 aromatic heterocycles. The Morgan fingerprint density at radius 1 is 1.31 bits per heavy atom. The fourth-order valence-electron chi connectivity index (χ4n) is 1.00. The molecule has 1 N–H and O–H groups in total. The summed E-state index contributed by atoms with van der Waals surface area (Å²) in [5.74, 6) is 0. The van der Waals surface area contributed by atoms with Crippen LogP contribution in [0.3, 0.4) is 0 Å². The van der Waals surface area contributed by atoms with Crippen molar-refractivity contribution < 1.29 is 4.74 Å². The maximum Gasteiger partial charge on any atom is 0.0518 e. The number of rotatable bonds is 9. The highest BCUT2D eigenvalue weighted by Crippen LogP contribution is 1.93. The average Bonchev–Trinajstić information content (AvgIpc) is 2.09. The first-order valence-electron chi connectivity index (χ1n) is 5.20. The molecule has 0 amide bonds. The van der Waals surface area contributed by atoms with Crippen molar-refractivity contribution in [1.29, 1.82) is 0 Å². The molecule has 13 heavy (non-hydrogen) atoms. The van der Waals surface area contributed by atoms with Crippen molar-refractivity contribution in [2.75, 3.05) is 19.7 Å². The first kappa shape index (κ1) is 12.7. The van der Waals surface area contributed by atoms with Gasteiger partial charge in [-0.2, -0.15) is 0 Å². The number of hydrogen-bond acceptors (Lipinski definition) is 2. The molecule has 0 saturated heterocycles. The summed E-state index contributed by atoms with van der Waals surface area (Å²) in [7, 11) is 0. The Hall–Kier alpha value is -0.340. The van der Waals surface area contributed by atoms with Gasteiger partial charge in [0.05, 0.1) is 6.10 Å². The van der Waals surface area contributed by atoms with Gasteiger partial charge in [0.15, 0.2) is 0 Å². The Kier molecular flexibility index (Phi) is 9.49. The van der Waals surface area contributed by atoms with Gasteiger partial charge in [0, 0.05) is 6.61 Å². The van der Waals surface area contributed by atoms with Crippen molar-refractivity contribution in [3.05, 3.63) is 12.7 Å². The lowest BCUT2D eigenvalue weighted by Crippen LogP contribution is -2.16. The van der Waals surface area contributed by atoms with Crippen LogP contribution in [0.15, 0.2) is 12.7 Å². The number of unbranched alkanes of at least 4 members (excludes halogenated alkanes) is 1. The van der Waals surface area contributed by atoms with E-state index in [0.29, 0.717) is 6.10 Å². The van der Waals surface area contributed by atoms with Gasteiger partial charge >= 0.3 is 0 Å². The summed E-state index contributed by atoms with van der Waals surface area (Å²) in [4.78, 5) is 0. The van der Waals surface area contributed by atoms with Gasteiger partial charge in [-0.15, -0.1) is 6.58 Å². The minimum absolute atomic E-state index is 0.369. The fourth-order valence-corrected chi connectivity index (χ4v) is 1.00. The van der Waals surface area contributed by atoms with Crippen molar-refractivity contribution >= 4 is 0 Å². The Balaban J connectivity index is 2.87. The molecule has 0 fully saturated rings. The van der Waals surface area contributed by atoms with Crippen molar-refractivity contribution in [2.45, 2.75) is 39.2 Å². The van der Waals surface area contributed by atoms with E-state index in [1.807, 2.05) is 6.08 Å². The van der Waals surface area contributed by atoms with Crippen molar-refractivity contribution in [2.24, 2.45) is 0 Å². The molecule has 0 unspecified atom stereocenters. The zero-order valence-corrected chi connectivity index (χ0v) is 9.01. The maximum atomic E-state index is 5.43. The van der Waals surface area contributed by atoms with Gasteiger partial charge in [-0.3, -0.25) is 0 Å². The molecule has 0 spiro atoms. The Bertz CT molecular complexity index is 113. The van der Waals surface area contributed by atoms with E-state index in [1.54, 1.807) is 0 Å². The predicted molar refractivity (Wildman–Crippen MR) is 58.0 cm³/mol. The molecule has 0 aromatic carbocycles. The molecule has 0 aromatic rings. The number of ether oxygens (including phenoxy) is 1. The van der Waals surface area contributed by atoms with Gasteiger partial charge in [0.25, 0.3) is 0 Å². The van der Waals surface area contributed by atoms with Crippen LogP contribution in [0.1, 0.15) is 33.1 Å². The number of nitrogens with one attached hydrogen (secondary N) is 1. The van der Waals surface area contributed by atoms with Crippen LogP contribution in [0, 0.1) is 0 Å². The standard InChI is InChI=1S/C11H23NO/c1-4-5-8-12-9-6-7-10-13-11(2)3/h4,11-12H,1,5-10H2,2-3H3. The third-order valence-corrected chi connectivity index (χ3v) is 1.72. The Labute approximate surface area is 82.4 Å². The highest BCUT2D eigenvalue weighted by atomic mass is 16.5. The molecule has 0 aliphatic heterocycles. The van der Waals surface area contributed by atoms with Crippen molar-refractivity contribution in [3.8, 4) is 0 Å². The van der Waals surface area contributed by atoms with Crippen LogP contribution in [0.25, 0.3) is 0 Å². The topological polar surface area (TPSA) is 21.3 Å². The molecule has 0 saturated carbocycles. The van der Waals surface area contributed by atoms with Crippen molar-refractivity contribution in [3.63, 3.8) is 0 Å². The zero-order chi connectivity index (χ0) is 9.94. The second-order valence-electron chi connectivity index (χ2n) is 3.45. The van der Waals surface area contributed by atoms with Gasteiger partial charge in [0.1, 0.15) is 0 Å². The third kappa shape index (κ3) is 11.7. The molecule has 2 heteroatoms. The lowest BCUT2D eigenvalue weighted by Gasteiger charge is -2.07. The molecule has 0 atom stereocenters. The minimum Gasteiger partial charge on any atom is -0.379 e. The third-order valence-electron chi connectivity index (χ3n) is 1.72. The smallest absolute Gasteiger partial charge is 0.0518 e. The quantitative estimate of drug-likeness (QED) is 0.440. The molecular formula is C11H23NO. The summed E-state index contributed by atoms with van der Waals surface area (Å²) in [5, 5.41) is 3.35. The maximum absolute atomic E-state index is 5.43. The van der Waals surface area contributed by atoms with Gasteiger partial charge in [-0.25, -0.2) is 0 Å².